The van der Waals surface area contributed by atoms with Crippen LogP contribution in [0.4, 0.5) is 0 Å². The Bertz CT molecular complexity index is 2440. The van der Waals surface area contributed by atoms with Crippen LogP contribution in [0, 0.1) is 77.2 Å². The van der Waals surface area contributed by atoms with Crippen LogP contribution in [0.15, 0.2) is 109 Å². The maximum atomic E-state index is 5.51. The van der Waals surface area contributed by atoms with Crippen molar-refractivity contribution in [3.63, 3.8) is 0 Å². The van der Waals surface area contributed by atoms with Crippen LogP contribution >= 0.6 is 48.0 Å². The zero-order valence-electron chi connectivity index (χ0n) is 43.6. The molecule has 0 saturated heterocycles. The van der Waals surface area contributed by atoms with E-state index in [2.05, 4.69) is 194 Å². The predicted molar refractivity (Wildman–Crippen MR) is 302 cm³/mol. The number of hydrogen-bond acceptors (Lipinski definition) is 0. The molecule has 0 heterocycles. The number of rotatable bonds is 3. The SMILES string of the molecule is CCC1[C-]=CC(C(C)(C)C)=C1.Cc1cc(C)c(-c2[c-]c3c(cc2C(C)(C)C)-c2cc(C(C)(C)C)c(-c4c(C)cc(C)cc4C)cc2C3)c(C)c1.Cl.Cl.Clc1c[c-]ccc1.Clc1c[c-]ccc1.[CH2]=[Zr]. The Labute approximate surface area is 450 Å². The molecule has 1 unspecified atom stereocenters. The quantitative estimate of drug-likeness (QED) is 0.155. The van der Waals surface area contributed by atoms with E-state index >= 15 is 0 Å². The normalized spacial score (nSPS) is 13.2. The first-order chi connectivity index (χ1) is 30.9. The molecule has 2 aliphatic rings. The molecule has 0 nitrogen and oxygen atoms in total. The number of fused-ring (bicyclic) bond motifs is 3. The van der Waals surface area contributed by atoms with Crippen molar-refractivity contribution in [3.8, 4) is 33.4 Å². The minimum absolute atomic E-state index is 0. The van der Waals surface area contributed by atoms with Gasteiger partial charge in [0.1, 0.15) is 0 Å². The van der Waals surface area contributed by atoms with Crippen LogP contribution in [0.2, 0.25) is 10.0 Å². The average Bonchev–Trinajstić information content (AvgIpc) is 3.86. The fourth-order valence-electron chi connectivity index (χ4n) is 8.95. The number of hydrogen-bond donors (Lipinski definition) is 0. The molecule has 6 aromatic rings. The molecule has 0 saturated carbocycles. The number of benzene rings is 6. The molecule has 0 amide bonds. The summed E-state index contributed by atoms with van der Waals surface area (Å²) in [6.45, 7) is 36.5. The van der Waals surface area contributed by atoms with E-state index in [1.807, 2.05) is 36.4 Å². The summed E-state index contributed by atoms with van der Waals surface area (Å²) in [5, 5.41) is 1.48. The van der Waals surface area contributed by atoms with Crippen LogP contribution < -0.4 is 0 Å². The molecule has 68 heavy (non-hydrogen) atoms. The van der Waals surface area contributed by atoms with Crippen molar-refractivity contribution in [2.45, 2.75) is 134 Å². The van der Waals surface area contributed by atoms with Crippen molar-refractivity contribution in [2.75, 3.05) is 0 Å². The summed E-state index contributed by atoms with van der Waals surface area (Å²) in [4.78, 5) is 0. The van der Waals surface area contributed by atoms with Gasteiger partial charge in [0.15, 0.2) is 0 Å². The molecule has 5 heteroatoms. The Morgan fingerprint density at radius 3 is 1.41 bits per heavy atom. The molecule has 0 radical (unpaired) electrons. The third-order valence-electron chi connectivity index (χ3n) is 12.0. The van der Waals surface area contributed by atoms with Crippen molar-refractivity contribution in [2.24, 2.45) is 11.3 Å². The molecule has 8 rings (SSSR count). The van der Waals surface area contributed by atoms with Gasteiger partial charge in [0.25, 0.3) is 0 Å². The maximum absolute atomic E-state index is 5.51. The molecule has 0 aliphatic heterocycles. The van der Waals surface area contributed by atoms with Crippen molar-refractivity contribution >= 4 is 52.2 Å². The Balaban J connectivity index is 0.000000442. The Kier molecular flexibility index (Phi) is 23.5. The standard InChI is InChI=1S/C39H45.C11H17.2C6H4Cl.CH2.2ClH.Zr/c1-22-13-24(3)36(25(4)14-22)32-18-28-17-29-19-33(37-26(5)15-23(2)16-27(37)6)35(39(10,11)12)21-31(29)30(28)20-34(32)38(7,8)9;1-5-9-6-7-10(8-9)11(2,3)4;2*7-6-4-2-1-3-5-6;;;;/h13-16,18,20-21H,17H2,1-12H3;7-9H,5H2,1-4H3;2*1-2,4-5H;1H2;2*1H;/q4*-1;;;;. The van der Waals surface area contributed by atoms with E-state index in [1.54, 1.807) is 12.1 Å². The monoisotopic (exact) mass is 1060 g/mol. The first-order valence-corrected chi connectivity index (χ1v) is 25.7. The summed E-state index contributed by atoms with van der Waals surface area (Å²) in [5.74, 6) is 0.573. The molecular weight excluding hydrogens is 990 g/mol. The van der Waals surface area contributed by atoms with E-state index in [9.17, 15) is 0 Å². The van der Waals surface area contributed by atoms with Crippen molar-refractivity contribution in [1.29, 1.82) is 0 Å². The molecule has 0 bridgehead atoms. The van der Waals surface area contributed by atoms with Crippen LogP contribution in [-0.2, 0) is 41.5 Å². The van der Waals surface area contributed by atoms with Gasteiger partial charge in [0.2, 0.25) is 0 Å². The fourth-order valence-corrected chi connectivity index (χ4v) is 9.22. The zero-order chi connectivity index (χ0) is 49.3. The topological polar surface area (TPSA) is 0 Å². The summed E-state index contributed by atoms with van der Waals surface area (Å²) in [6, 6.07) is 40.9. The number of allylic oxidation sites excluding steroid dienone is 4. The number of aryl methyl sites for hydroxylation is 6. The molecule has 0 aromatic heterocycles. The summed E-state index contributed by atoms with van der Waals surface area (Å²) < 4.78 is 3.34. The van der Waals surface area contributed by atoms with Crippen molar-refractivity contribution < 1.29 is 24.2 Å². The predicted octanol–water partition coefficient (Wildman–Crippen LogP) is 19.3. The van der Waals surface area contributed by atoms with Crippen LogP contribution in [0.1, 0.15) is 131 Å². The molecule has 2 aliphatic carbocycles. The second kappa shape index (κ2) is 26.2. The Morgan fingerprint density at radius 1 is 0.603 bits per heavy atom. The zero-order valence-corrected chi connectivity index (χ0v) is 49.2. The summed E-state index contributed by atoms with van der Waals surface area (Å²) in [7, 11) is 0. The third-order valence-corrected chi connectivity index (χ3v) is 12.5. The average molecular weight is 1060 g/mol. The Hall–Kier alpha value is -3.29. The van der Waals surface area contributed by atoms with Gasteiger partial charge in [-0.25, -0.2) is 6.08 Å². The third kappa shape index (κ3) is 16.1. The number of halogens is 4. The molecule has 362 valence electrons. The van der Waals surface area contributed by atoms with E-state index in [0.29, 0.717) is 11.3 Å². The minimum atomic E-state index is 0. The molecule has 6 aromatic carbocycles. The van der Waals surface area contributed by atoms with Gasteiger partial charge in [-0.15, -0.1) is 53.6 Å². The molecular formula is C63H74Cl4Zr-4. The van der Waals surface area contributed by atoms with Crippen LogP contribution in [0.3, 0.4) is 0 Å². The van der Waals surface area contributed by atoms with E-state index < -0.39 is 0 Å². The molecule has 1 atom stereocenters. The second-order valence-corrected chi connectivity index (χ2v) is 21.7. The van der Waals surface area contributed by atoms with Gasteiger partial charge in [0.05, 0.1) is 0 Å². The van der Waals surface area contributed by atoms with Gasteiger partial charge in [-0.1, -0.05) is 172 Å². The van der Waals surface area contributed by atoms with E-state index in [-0.39, 0.29) is 35.6 Å². The van der Waals surface area contributed by atoms with E-state index in [4.69, 9.17) is 23.2 Å². The van der Waals surface area contributed by atoms with Gasteiger partial charge in [-0.3, -0.25) is 6.08 Å². The molecule has 0 fully saturated rings. The fraction of sp³-hybridized carbons (Fsp3) is 0.349. The first kappa shape index (κ1) is 60.8. The van der Waals surface area contributed by atoms with Gasteiger partial charge < -0.3 is 0 Å². The van der Waals surface area contributed by atoms with E-state index in [0.717, 1.165) is 16.5 Å². The van der Waals surface area contributed by atoms with Gasteiger partial charge in [-0.2, -0.15) is 95.5 Å². The van der Waals surface area contributed by atoms with Gasteiger partial charge in [-0.05, 0) is 92.2 Å². The first-order valence-electron chi connectivity index (χ1n) is 23.2. The Morgan fingerprint density at radius 2 is 1.06 bits per heavy atom. The van der Waals surface area contributed by atoms with Crippen LogP contribution in [-0.4, -0.2) is 4.21 Å². The van der Waals surface area contributed by atoms with Crippen LogP contribution in [0.25, 0.3) is 33.4 Å². The second-order valence-electron chi connectivity index (χ2n) is 20.9. The van der Waals surface area contributed by atoms with Gasteiger partial charge >= 0.3 is 28.4 Å². The van der Waals surface area contributed by atoms with Crippen LogP contribution in [0.5, 0.6) is 0 Å². The van der Waals surface area contributed by atoms with Gasteiger partial charge in [0, 0.05) is 0 Å². The summed E-state index contributed by atoms with van der Waals surface area (Å²) >= 11 is 12.3. The van der Waals surface area contributed by atoms with Crippen molar-refractivity contribution in [3.05, 3.63) is 199 Å². The van der Waals surface area contributed by atoms with Crippen molar-refractivity contribution in [1.82, 2.24) is 0 Å². The summed E-state index contributed by atoms with van der Waals surface area (Å²) in [5.41, 5.74) is 23.6. The molecule has 0 N–H and O–H groups in total. The molecule has 0 spiro atoms. The van der Waals surface area contributed by atoms with E-state index in [1.165, 1.54) is 125 Å². The summed E-state index contributed by atoms with van der Waals surface area (Å²) in [6.07, 6.45) is 9.94.